The number of carbonyl (C=O) groups excluding carboxylic acids is 1. The lowest BCUT2D eigenvalue weighted by molar-refractivity contribution is 0.185. The number of halogens is 1. The van der Waals surface area contributed by atoms with E-state index < -0.39 is 0 Å². The van der Waals surface area contributed by atoms with Gasteiger partial charge in [-0.1, -0.05) is 17.7 Å². The van der Waals surface area contributed by atoms with E-state index in [-0.39, 0.29) is 24.3 Å². The van der Waals surface area contributed by atoms with Crippen LogP contribution in [-0.2, 0) is 6.54 Å². The topological polar surface area (TPSA) is 78.4 Å². The van der Waals surface area contributed by atoms with Gasteiger partial charge in [-0.3, -0.25) is 4.98 Å². The quantitative estimate of drug-likeness (QED) is 0.830. The van der Waals surface area contributed by atoms with Crippen molar-refractivity contribution >= 4 is 23.3 Å². The van der Waals surface area contributed by atoms with Crippen molar-refractivity contribution in [3.05, 3.63) is 53.6 Å². The zero-order chi connectivity index (χ0) is 15.1. The molecule has 2 N–H and O–H groups in total. The standard InChI is InChI=1S/C14H15ClN4O2/c15-13-12(4-2-6-17-13)18-14(21)19(7-8-20)10-11-3-1-5-16-9-11/h1-6,9,20H,7-8,10H2,(H,18,21). The van der Waals surface area contributed by atoms with Crippen molar-refractivity contribution in [2.24, 2.45) is 0 Å². The molecule has 0 radical (unpaired) electrons. The van der Waals surface area contributed by atoms with Gasteiger partial charge in [-0.15, -0.1) is 0 Å². The van der Waals surface area contributed by atoms with Crippen LogP contribution in [0.3, 0.4) is 0 Å². The fourth-order valence-electron chi connectivity index (χ4n) is 1.76. The first-order valence-electron chi connectivity index (χ1n) is 6.37. The zero-order valence-corrected chi connectivity index (χ0v) is 12.0. The fourth-order valence-corrected chi connectivity index (χ4v) is 1.93. The number of aliphatic hydroxyl groups excluding tert-OH is 1. The van der Waals surface area contributed by atoms with Crippen molar-refractivity contribution in [3.8, 4) is 0 Å². The third-order valence-corrected chi connectivity index (χ3v) is 3.06. The van der Waals surface area contributed by atoms with Gasteiger partial charge in [0, 0.05) is 31.7 Å². The van der Waals surface area contributed by atoms with Gasteiger partial charge in [-0.25, -0.2) is 9.78 Å². The van der Waals surface area contributed by atoms with Gasteiger partial charge in [-0.2, -0.15) is 0 Å². The van der Waals surface area contributed by atoms with Crippen molar-refractivity contribution < 1.29 is 9.90 Å². The number of rotatable bonds is 5. The third kappa shape index (κ3) is 4.40. The Kier molecular flexibility index (Phi) is 5.48. The van der Waals surface area contributed by atoms with E-state index in [1.807, 2.05) is 6.07 Å². The van der Waals surface area contributed by atoms with Crippen LogP contribution in [-0.4, -0.2) is 39.2 Å². The minimum Gasteiger partial charge on any atom is -0.395 e. The first kappa shape index (κ1) is 15.2. The average molecular weight is 307 g/mol. The first-order chi connectivity index (χ1) is 10.2. The second-order valence-corrected chi connectivity index (χ2v) is 4.64. The molecule has 110 valence electrons. The number of nitrogens with one attached hydrogen (secondary N) is 1. The fraction of sp³-hybridized carbons (Fsp3) is 0.214. The Labute approximate surface area is 127 Å². The molecule has 0 bridgehead atoms. The predicted molar refractivity (Wildman–Crippen MR) is 80.0 cm³/mol. The highest BCUT2D eigenvalue weighted by Gasteiger charge is 2.15. The van der Waals surface area contributed by atoms with Crippen LogP contribution >= 0.6 is 11.6 Å². The molecule has 0 saturated carbocycles. The van der Waals surface area contributed by atoms with Crippen molar-refractivity contribution in [1.29, 1.82) is 0 Å². The van der Waals surface area contributed by atoms with Crippen molar-refractivity contribution in [1.82, 2.24) is 14.9 Å². The molecule has 2 heterocycles. The maximum atomic E-state index is 12.3. The Morgan fingerprint density at radius 2 is 2.14 bits per heavy atom. The molecule has 0 atom stereocenters. The Bertz CT molecular complexity index is 595. The van der Waals surface area contributed by atoms with Gasteiger partial charge in [0.05, 0.1) is 12.3 Å². The largest absolute Gasteiger partial charge is 0.395 e. The zero-order valence-electron chi connectivity index (χ0n) is 11.2. The van der Waals surface area contributed by atoms with Gasteiger partial charge in [0.25, 0.3) is 0 Å². The van der Waals surface area contributed by atoms with E-state index in [0.717, 1.165) is 5.56 Å². The molecule has 2 amide bonds. The van der Waals surface area contributed by atoms with Crippen LogP contribution in [0.2, 0.25) is 5.15 Å². The molecule has 21 heavy (non-hydrogen) atoms. The SMILES string of the molecule is O=C(Nc1cccnc1Cl)N(CCO)Cc1cccnc1. The van der Waals surface area contributed by atoms with Crippen LogP contribution in [0.1, 0.15) is 5.56 Å². The molecular formula is C14H15ClN4O2. The molecule has 0 saturated heterocycles. The lowest BCUT2D eigenvalue weighted by atomic mass is 10.2. The van der Waals surface area contributed by atoms with Crippen molar-refractivity contribution in [2.45, 2.75) is 6.54 Å². The molecule has 0 aliphatic carbocycles. The summed E-state index contributed by atoms with van der Waals surface area (Å²) in [7, 11) is 0. The number of hydrogen-bond donors (Lipinski definition) is 2. The average Bonchev–Trinajstić information content (AvgIpc) is 2.50. The summed E-state index contributed by atoms with van der Waals surface area (Å²) in [5.41, 5.74) is 1.30. The lowest BCUT2D eigenvalue weighted by Gasteiger charge is -2.22. The van der Waals surface area contributed by atoms with Crippen LogP contribution < -0.4 is 5.32 Å². The van der Waals surface area contributed by atoms with Crippen LogP contribution in [0.4, 0.5) is 10.5 Å². The molecule has 2 aromatic rings. The Morgan fingerprint density at radius 3 is 2.81 bits per heavy atom. The van der Waals surface area contributed by atoms with Crippen LogP contribution in [0.5, 0.6) is 0 Å². The van der Waals surface area contributed by atoms with E-state index in [2.05, 4.69) is 15.3 Å². The minimum atomic E-state index is -0.359. The Hall–Kier alpha value is -2.18. The number of pyridine rings is 2. The third-order valence-electron chi connectivity index (χ3n) is 2.75. The molecule has 0 fully saturated rings. The number of urea groups is 1. The lowest BCUT2D eigenvalue weighted by Crippen LogP contribution is -2.36. The monoisotopic (exact) mass is 306 g/mol. The van der Waals surface area contributed by atoms with E-state index >= 15 is 0 Å². The second kappa shape index (κ2) is 7.56. The van der Waals surface area contributed by atoms with Crippen LogP contribution in [0.25, 0.3) is 0 Å². The van der Waals surface area contributed by atoms with Gasteiger partial charge in [0.1, 0.15) is 0 Å². The van der Waals surface area contributed by atoms with Gasteiger partial charge >= 0.3 is 6.03 Å². The highest BCUT2D eigenvalue weighted by atomic mass is 35.5. The number of aliphatic hydroxyl groups is 1. The highest BCUT2D eigenvalue weighted by molar-refractivity contribution is 6.32. The number of aromatic nitrogens is 2. The van der Waals surface area contributed by atoms with Crippen LogP contribution in [0, 0.1) is 0 Å². The summed E-state index contributed by atoms with van der Waals surface area (Å²) in [6, 6.07) is 6.64. The van der Waals surface area contributed by atoms with Gasteiger partial charge in [0.2, 0.25) is 0 Å². The van der Waals surface area contributed by atoms with Gasteiger partial charge < -0.3 is 15.3 Å². The summed E-state index contributed by atoms with van der Waals surface area (Å²) in [6.07, 6.45) is 4.88. The molecular weight excluding hydrogens is 292 g/mol. The molecule has 2 rings (SSSR count). The first-order valence-corrected chi connectivity index (χ1v) is 6.74. The number of hydrogen-bond acceptors (Lipinski definition) is 4. The highest BCUT2D eigenvalue weighted by Crippen LogP contribution is 2.18. The molecule has 6 nitrogen and oxygen atoms in total. The number of nitrogens with zero attached hydrogens (tertiary/aromatic N) is 3. The molecule has 0 aromatic carbocycles. The van der Waals surface area contributed by atoms with E-state index in [4.69, 9.17) is 16.7 Å². The second-order valence-electron chi connectivity index (χ2n) is 4.28. The summed E-state index contributed by atoms with van der Waals surface area (Å²) in [5.74, 6) is 0. The van der Waals surface area contributed by atoms with E-state index in [0.29, 0.717) is 12.2 Å². The molecule has 0 aliphatic rings. The number of anilines is 1. The van der Waals surface area contributed by atoms with E-state index in [1.165, 1.54) is 4.90 Å². The summed E-state index contributed by atoms with van der Waals surface area (Å²) >= 11 is 5.91. The maximum Gasteiger partial charge on any atom is 0.322 e. The van der Waals surface area contributed by atoms with Crippen molar-refractivity contribution in [3.63, 3.8) is 0 Å². The molecule has 0 spiro atoms. The number of amides is 2. The maximum absolute atomic E-state index is 12.3. The summed E-state index contributed by atoms with van der Waals surface area (Å²) in [4.78, 5) is 21.6. The molecule has 0 aliphatic heterocycles. The van der Waals surface area contributed by atoms with E-state index in [9.17, 15) is 4.79 Å². The number of carbonyl (C=O) groups is 1. The van der Waals surface area contributed by atoms with Gasteiger partial charge in [-0.05, 0) is 23.8 Å². The van der Waals surface area contributed by atoms with E-state index in [1.54, 1.807) is 36.8 Å². The predicted octanol–water partition coefficient (Wildman–Crippen LogP) is 2.16. The Balaban J connectivity index is 2.07. The Morgan fingerprint density at radius 1 is 1.33 bits per heavy atom. The normalized spacial score (nSPS) is 10.2. The molecule has 7 heteroatoms. The molecule has 2 aromatic heterocycles. The summed E-state index contributed by atoms with van der Waals surface area (Å²) in [5, 5.41) is 12.0. The summed E-state index contributed by atoms with van der Waals surface area (Å²) < 4.78 is 0. The van der Waals surface area contributed by atoms with Crippen LogP contribution in [0.15, 0.2) is 42.9 Å². The smallest absolute Gasteiger partial charge is 0.322 e. The molecule has 0 unspecified atom stereocenters. The summed E-state index contributed by atoms with van der Waals surface area (Å²) in [6.45, 7) is 0.422. The minimum absolute atomic E-state index is 0.131. The van der Waals surface area contributed by atoms with Crippen molar-refractivity contribution in [2.75, 3.05) is 18.5 Å². The van der Waals surface area contributed by atoms with Gasteiger partial charge in [0.15, 0.2) is 5.15 Å².